The van der Waals surface area contributed by atoms with E-state index in [2.05, 4.69) is 20.2 Å². The summed E-state index contributed by atoms with van der Waals surface area (Å²) in [6.07, 6.45) is 7.28. The number of nitrogens with two attached hydrogens (primary N) is 1. The van der Waals surface area contributed by atoms with Crippen LogP contribution >= 0.6 is 0 Å². The van der Waals surface area contributed by atoms with Gasteiger partial charge < -0.3 is 10.3 Å². The molecule has 0 amide bonds. The van der Waals surface area contributed by atoms with Crippen molar-refractivity contribution in [3.05, 3.63) is 36.9 Å². The van der Waals surface area contributed by atoms with E-state index in [1.54, 1.807) is 15.4 Å². The third-order valence-electron chi connectivity index (χ3n) is 3.55. The van der Waals surface area contributed by atoms with Crippen LogP contribution in [-0.4, -0.2) is 33.9 Å². The standard InChI is InChI=1S/C14H14N8/c1-20-8-5-16-14(20)13-17-12(15)11-9(3-7-22(11)19-13)10-4-6-21(2)18-10/h3-8H,1-2H3,(H2,15,17,19). The molecule has 4 aromatic heterocycles. The van der Waals surface area contributed by atoms with E-state index in [1.165, 1.54) is 0 Å². The van der Waals surface area contributed by atoms with Crippen LogP contribution in [0.2, 0.25) is 0 Å². The van der Waals surface area contributed by atoms with E-state index in [9.17, 15) is 0 Å². The molecule has 0 radical (unpaired) electrons. The van der Waals surface area contributed by atoms with Gasteiger partial charge in [0.25, 0.3) is 0 Å². The van der Waals surface area contributed by atoms with Crippen molar-refractivity contribution in [1.82, 2.24) is 33.9 Å². The molecule has 2 N–H and O–H groups in total. The summed E-state index contributed by atoms with van der Waals surface area (Å²) in [7, 11) is 3.77. The van der Waals surface area contributed by atoms with Gasteiger partial charge in [-0.1, -0.05) is 0 Å². The van der Waals surface area contributed by atoms with Gasteiger partial charge in [0.2, 0.25) is 5.82 Å². The minimum absolute atomic E-state index is 0.402. The van der Waals surface area contributed by atoms with Crippen LogP contribution in [0.1, 0.15) is 0 Å². The third kappa shape index (κ3) is 1.77. The predicted octanol–water partition coefficient (Wildman–Crippen LogP) is 1.11. The molecular formula is C14H14N8. The van der Waals surface area contributed by atoms with Gasteiger partial charge in [-0.05, 0) is 12.1 Å². The monoisotopic (exact) mass is 294 g/mol. The Hall–Kier alpha value is -3.16. The molecule has 22 heavy (non-hydrogen) atoms. The van der Waals surface area contributed by atoms with Crippen LogP contribution in [0.3, 0.4) is 0 Å². The van der Waals surface area contributed by atoms with Crippen molar-refractivity contribution in [3.8, 4) is 22.9 Å². The van der Waals surface area contributed by atoms with Crippen molar-refractivity contribution in [2.24, 2.45) is 14.1 Å². The molecule has 8 nitrogen and oxygen atoms in total. The second-order valence-electron chi connectivity index (χ2n) is 5.08. The van der Waals surface area contributed by atoms with E-state index >= 15 is 0 Å². The fourth-order valence-electron chi connectivity index (χ4n) is 2.49. The smallest absolute Gasteiger partial charge is 0.218 e. The number of nitrogens with zero attached hydrogens (tertiary/aromatic N) is 7. The Balaban J connectivity index is 1.93. The van der Waals surface area contributed by atoms with Gasteiger partial charge in [0.05, 0.1) is 5.69 Å². The largest absolute Gasteiger partial charge is 0.382 e. The van der Waals surface area contributed by atoms with Crippen molar-refractivity contribution < 1.29 is 0 Å². The summed E-state index contributed by atoms with van der Waals surface area (Å²) >= 11 is 0. The number of fused-ring (bicyclic) bond motifs is 1. The van der Waals surface area contributed by atoms with Gasteiger partial charge in [-0.3, -0.25) is 4.68 Å². The normalized spacial score (nSPS) is 11.4. The number of rotatable bonds is 2. The van der Waals surface area contributed by atoms with Gasteiger partial charge in [-0.15, -0.1) is 5.10 Å². The first-order chi connectivity index (χ1) is 10.6. The molecule has 0 fully saturated rings. The highest BCUT2D eigenvalue weighted by atomic mass is 15.3. The van der Waals surface area contributed by atoms with Crippen LogP contribution in [0.25, 0.3) is 28.4 Å². The highest BCUT2D eigenvalue weighted by Crippen LogP contribution is 2.28. The van der Waals surface area contributed by atoms with Crippen LogP contribution in [0.15, 0.2) is 36.9 Å². The lowest BCUT2D eigenvalue weighted by Crippen LogP contribution is -2.05. The van der Waals surface area contributed by atoms with Gasteiger partial charge >= 0.3 is 0 Å². The molecule has 0 unspecified atom stereocenters. The highest BCUT2D eigenvalue weighted by molar-refractivity contribution is 5.86. The minimum atomic E-state index is 0.402. The zero-order valence-electron chi connectivity index (χ0n) is 12.2. The molecular weight excluding hydrogens is 280 g/mol. The topological polar surface area (TPSA) is 91.9 Å². The van der Waals surface area contributed by atoms with Crippen molar-refractivity contribution in [3.63, 3.8) is 0 Å². The summed E-state index contributed by atoms with van der Waals surface area (Å²) in [5.41, 5.74) is 8.65. The van der Waals surface area contributed by atoms with Crippen molar-refractivity contribution in [2.45, 2.75) is 0 Å². The molecule has 8 heteroatoms. The number of imidazole rings is 1. The second-order valence-corrected chi connectivity index (χ2v) is 5.08. The van der Waals surface area contributed by atoms with E-state index in [0.29, 0.717) is 17.5 Å². The van der Waals surface area contributed by atoms with E-state index in [1.807, 2.05) is 49.4 Å². The maximum atomic E-state index is 6.16. The molecule has 4 rings (SSSR count). The number of hydrogen-bond acceptors (Lipinski definition) is 5. The number of aryl methyl sites for hydroxylation is 2. The molecule has 0 spiro atoms. The lowest BCUT2D eigenvalue weighted by Gasteiger charge is -2.05. The Kier molecular flexibility index (Phi) is 2.52. The molecule has 0 bridgehead atoms. The average Bonchev–Trinajstić information content (AvgIpc) is 3.17. The first-order valence-electron chi connectivity index (χ1n) is 6.76. The summed E-state index contributed by atoms with van der Waals surface area (Å²) in [6, 6.07) is 3.87. The van der Waals surface area contributed by atoms with Crippen LogP contribution in [0.5, 0.6) is 0 Å². The Labute approximate surface area is 125 Å². The Morgan fingerprint density at radius 2 is 1.91 bits per heavy atom. The number of hydrogen-bond donors (Lipinski definition) is 1. The Bertz CT molecular complexity index is 974. The molecule has 0 saturated heterocycles. The summed E-state index contributed by atoms with van der Waals surface area (Å²) in [6.45, 7) is 0. The van der Waals surface area contributed by atoms with Crippen molar-refractivity contribution in [1.29, 1.82) is 0 Å². The summed E-state index contributed by atoms with van der Waals surface area (Å²) in [4.78, 5) is 8.65. The molecule has 0 aromatic carbocycles. The summed E-state index contributed by atoms with van der Waals surface area (Å²) in [5.74, 6) is 1.56. The van der Waals surface area contributed by atoms with Gasteiger partial charge in [0.15, 0.2) is 11.6 Å². The van der Waals surface area contributed by atoms with E-state index in [-0.39, 0.29) is 0 Å². The second kappa shape index (κ2) is 4.42. The highest BCUT2D eigenvalue weighted by Gasteiger charge is 2.16. The number of nitrogen functional groups attached to an aromatic ring is 1. The zero-order valence-corrected chi connectivity index (χ0v) is 12.2. The predicted molar refractivity (Wildman–Crippen MR) is 81.8 cm³/mol. The molecule has 4 heterocycles. The van der Waals surface area contributed by atoms with Crippen LogP contribution < -0.4 is 5.73 Å². The van der Waals surface area contributed by atoms with Gasteiger partial charge in [0.1, 0.15) is 5.52 Å². The quantitative estimate of drug-likeness (QED) is 0.598. The third-order valence-corrected chi connectivity index (χ3v) is 3.55. The van der Waals surface area contributed by atoms with E-state index in [4.69, 9.17) is 5.73 Å². The Morgan fingerprint density at radius 3 is 2.59 bits per heavy atom. The maximum absolute atomic E-state index is 6.16. The fraction of sp³-hybridized carbons (Fsp3) is 0.143. The lowest BCUT2D eigenvalue weighted by atomic mass is 10.2. The molecule has 0 aliphatic heterocycles. The molecule has 0 aliphatic carbocycles. The summed E-state index contributed by atoms with van der Waals surface area (Å²) < 4.78 is 5.32. The SMILES string of the molecule is Cn1ccc(-c2ccn3nc(-c4nccn4C)nc(N)c23)n1. The van der Waals surface area contributed by atoms with E-state index in [0.717, 1.165) is 16.8 Å². The van der Waals surface area contributed by atoms with Crippen LogP contribution in [0.4, 0.5) is 5.82 Å². The zero-order chi connectivity index (χ0) is 15.3. The van der Waals surface area contributed by atoms with E-state index < -0.39 is 0 Å². The van der Waals surface area contributed by atoms with Crippen LogP contribution in [-0.2, 0) is 14.1 Å². The Morgan fingerprint density at radius 1 is 1.05 bits per heavy atom. The van der Waals surface area contributed by atoms with Crippen molar-refractivity contribution in [2.75, 3.05) is 5.73 Å². The van der Waals surface area contributed by atoms with Gasteiger partial charge in [0, 0.05) is 44.4 Å². The first-order valence-corrected chi connectivity index (χ1v) is 6.76. The molecule has 0 saturated carbocycles. The summed E-state index contributed by atoms with van der Waals surface area (Å²) in [5, 5.41) is 8.91. The van der Waals surface area contributed by atoms with Crippen molar-refractivity contribution >= 4 is 11.3 Å². The van der Waals surface area contributed by atoms with Gasteiger partial charge in [-0.25, -0.2) is 14.5 Å². The van der Waals surface area contributed by atoms with Crippen LogP contribution in [0, 0.1) is 0 Å². The lowest BCUT2D eigenvalue weighted by molar-refractivity contribution is 0.771. The maximum Gasteiger partial charge on any atom is 0.218 e. The molecule has 0 atom stereocenters. The fourth-order valence-corrected chi connectivity index (χ4v) is 2.49. The number of anilines is 1. The molecule has 110 valence electrons. The average molecular weight is 294 g/mol. The first kappa shape index (κ1) is 12.6. The van der Waals surface area contributed by atoms with Gasteiger partial charge in [-0.2, -0.15) is 5.10 Å². The molecule has 0 aliphatic rings. The minimum Gasteiger partial charge on any atom is -0.382 e. The number of aromatic nitrogens is 7. The molecule has 4 aromatic rings.